The van der Waals surface area contributed by atoms with Crippen molar-refractivity contribution in [2.24, 2.45) is 5.73 Å². The minimum absolute atomic E-state index is 0. The number of ether oxygens (including phenoxy) is 1. The van der Waals surface area contributed by atoms with E-state index in [4.69, 9.17) is 10.5 Å². The summed E-state index contributed by atoms with van der Waals surface area (Å²) >= 11 is 1.66. The van der Waals surface area contributed by atoms with Crippen LogP contribution in [0.4, 0.5) is 0 Å². The average molecular weight is 317 g/mol. The van der Waals surface area contributed by atoms with Gasteiger partial charge in [0, 0.05) is 5.75 Å². The minimum atomic E-state index is -0.412. The van der Waals surface area contributed by atoms with Crippen LogP contribution in [0.2, 0.25) is 0 Å². The molecule has 3 N–H and O–H groups in total. The van der Waals surface area contributed by atoms with E-state index in [9.17, 15) is 4.79 Å². The molecule has 0 radical (unpaired) electrons. The summed E-state index contributed by atoms with van der Waals surface area (Å²) in [5, 5.41) is 3.27. The Labute approximate surface area is 130 Å². The number of carbonyl (C=O) groups is 1. The normalized spacial score (nSPS) is 17.1. The molecule has 0 spiro atoms. The highest BCUT2D eigenvalue weighted by Crippen LogP contribution is 2.36. The number of hydrogen-bond acceptors (Lipinski definition) is 4. The molecular weight excluding hydrogens is 296 g/mol. The number of amides is 1. The number of hydrogen-bond donors (Lipinski definition) is 2. The summed E-state index contributed by atoms with van der Waals surface area (Å²) in [5.74, 6) is 1.46. The van der Waals surface area contributed by atoms with Crippen LogP contribution in [0, 0.1) is 0 Å². The lowest BCUT2D eigenvalue weighted by Crippen LogP contribution is -2.48. The summed E-state index contributed by atoms with van der Waals surface area (Å²) < 4.78 is 4.72. The number of carbonyl (C=O) groups excluding carboxylic acids is 1. The number of rotatable bonds is 5. The van der Waals surface area contributed by atoms with Crippen molar-refractivity contribution in [2.45, 2.75) is 23.3 Å². The minimum Gasteiger partial charge on any atom is -0.497 e. The molecule has 2 rings (SSSR count). The first-order chi connectivity index (χ1) is 9.16. The maximum absolute atomic E-state index is 11.8. The highest BCUT2D eigenvalue weighted by Gasteiger charge is 2.38. The first-order valence-corrected chi connectivity index (χ1v) is 7.42. The Morgan fingerprint density at radius 1 is 1.35 bits per heavy atom. The van der Waals surface area contributed by atoms with E-state index in [-0.39, 0.29) is 18.3 Å². The lowest BCUT2D eigenvalue weighted by molar-refractivity contribution is -0.120. The second-order valence-electron chi connectivity index (χ2n) is 4.75. The van der Waals surface area contributed by atoms with Gasteiger partial charge in [0.05, 0.1) is 11.9 Å². The van der Waals surface area contributed by atoms with Crippen LogP contribution in [0.1, 0.15) is 18.4 Å². The molecular formula is C14H21ClN2O2S. The highest BCUT2D eigenvalue weighted by atomic mass is 35.5. The molecule has 0 saturated carbocycles. The van der Waals surface area contributed by atoms with E-state index in [0.29, 0.717) is 0 Å². The Kier molecular flexibility index (Phi) is 6.65. The Morgan fingerprint density at radius 3 is 2.45 bits per heavy atom. The van der Waals surface area contributed by atoms with Gasteiger partial charge in [0.25, 0.3) is 0 Å². The van der Waals surface area contributed by atoms with Crippen LogP contribution in [0.25, 0.3) is 0 Å². The van der Waals surface area contributed by atoms with Crippen LogP contribution in [0.15, 0.2) is 24.3 Å². The summed E-state index contributed by atoms with van der Waals surface area (Å²) in [4.78, 5) is 11.8. The molecule has 1 heterocycles. The van der Waals surface area contributed by atoms with Crippen molar-refractivity contribution >= 4 is 30.1 Å². The van der Waals surface area contributed by atoms with Gasteiger partial charge in [0.15, 0.2) is 0 Å². The monoisotopic (exact) mass is 316 g/mol. The Morgan fingerprint density at radius 2 is 1.95 bits per heavy atom. The van der Waals surface area contributed by atoms with Gasteiger partial charge in [0.1, 0.15) is 5.75 Å². The third-order valence-electron chi connectivity index (χ3n) is 3.53. The van der Waals surface area contributed by atoms with Crippen molar-refractivity contribution in [3.05, 3.63) is 29.8 Å². The van der Waals surface area contributed by atoms with Gasteiger partial charge in [-0.15, -0.1) is 24.2 Å². The van der Waals surface area contributed by atoms with E-state index in [1.807, 2.05) is 24.3 Å². The maximum Gasteiger partial charge on any atom is 0.233 e. The van der Waals surface area contributed by atoms with E-state index in [0.717, 1.165) is 37.4 Å². The molecule has 1 fully saturated rings. The Hall–Kier alpha value is -0.910. The third-order valence-corrected chi connectivity index (χ3v) is 5.17. The zero-order valence-corrected chi connectivity index (χ0v) is 13.2. The molecule has 0 atom stereocenters. The van der Waals surface area contributed by atoms with Crippen molar-refractivity contribution in [2.75, 3.05) is 20.2 Å². The fourth-order valence-electron chi connectivity index (χ4n) is 2.24. The molecule has 0 unspecified atom stereocenters. The molecule has 0 aliphatic carbocycles. The largest absolute Gasteiger partial charge is 0.497 e. The molecule has 1 saturated heterocycles. The van der Waals surface area contributed by atoms with Gasteiger partial charge in [-0.05, 0) is 43.6 Å². The van der Waals surface area contributed by atoms with Crippen LogP contribution in [-0.2, 0) is 10.5 Å². The maximum atomic E-state index is 11.8. The number of piperidine rings is 1. The van der Waals surface area contributed by atoms with E-state index >= 15 is 0 Å². The predicted octanol–water partition coefficient (Wildman–Crippen LogP) is 1.96. The molecule has 6 heteroatoms. The number of thioether (sulfide) groups is 1. The molecule has 0 aromatic heterocycles. The summed E-state index contributed by atoms with van der Waals surface area (Å²) in [6, 6.07) is 7.94. The molecule has 4 nitrogen and oxygen atoms in total. The first kappa shape index (κ1) is 17.1. The van der Waals surface area contributed by atoms with Crippen LogP contribution >= 0.6 is 24.2 Å². The predicted molar refractivity (Wildman–Crippen MR) is 85.6 cm³/mol. The van der Waals surface area contributed by atoms with Crippen LogP contribution < -0.4 is 15.8 Å². The summed E-state index contributed by atoms with van der Waals surface area (Å²) in [5.41, 5.74) is 6.79. The van der Waals surface area contributed by atoms with Crippen LogP contribution in [-0.4, -0.2) is 30.9 Å². The van der Waals surface area contributed by atoms with Crippen molar-refractivity contribution in [1.29, 1.82) is 0 Å². The highest BCUT2D eigenvalue weighted by molar-refractivity contribution is 8.00. The summed E-state index contributed by atoms with van der Waals surface area (Å²) in [7, 11) is 1.65. The lowest BCUT2D eigenvalue weighted by atomic mass is 9.96. The molecule has 20 heavy (non-hydrogen) atoms. The van der Waals surface area contributed by atoms with Gasteiger partial charge in [-0.25, -0.2) is 0 Å². The molecule has 1 aliphatic heterocycles. The van der Waals surface area contributed by atoms with Crippen LogP contribution in [0.5, 0.6) is 5.75 Å². The van der Waals surface area contributed by atoms with Gasteiger partial charge in [-0.2, -0.15) is 0 Å². The third kappa shape index (κ3) is 4.04. The van der Waals surface area contributed by atoms with Gasteiger partial charge in [-0.1, -0.05) is 12.1 Å². The van der Waals surface area contributed by atoms with Crippen molar-refractivity contribution in [1.82, 2.24) is 5.32 Å². The molecule has 112 valence electrons. The smallest absolute Gasteiger partial charge is 0.233 e. The Bertz CT molecular complexity index is 433. The molecule has 1 aromatic rings. The van der Waals surface area contributed by atoms with E-state index in [1.54, 1.807) is 18.9 Å². The second-order valence-corrected chi connectivity index (χ2v) is 6.10. The molecule has 0 bridgehead atoms. The van der Waals surface area contributed by atoms with Crippen molar-refractivity contribution in [3.63, 3.8) is 0 Å². The van der Waals surface area contributed by atoms with Gasteiger partial charge in [0.2, 0.25) is 5.91 Å². The van der Waals surface area contributed by atoms with Gasteiger partial charge < -0.3 is 15.8 Å². The second kappa shape index (κ2) is 7.76. The fourth-order valence-corrected chi connectivity index (χ4v) is 3.51. The molecule has 1 aliphatic rings. The average Bonchev–Trinajstić information content (AvgIpc) is 2.46. The lowest BCUT2D eigenvalue weighted by Gasteiger charge is -2.34. The van der Waals surface area contributed by atoms with E-state index in [1.165, 1.54) is 5.56 Å². The van der Waals surface area contributed by atoms with Gasteiger partial charge >= 0.3 is 0 Å². The van der Waals surface area contributed by atoms with Crippen molar-refractivity contribution < 1.29 is 9.53 Å². The number of halogens is 1. The SMILES string of the molecule is COc1ccc(CSC2(C(N)=O)CCNCC2)cc1.Cl. The summed E-state index contributed by atoms with van der Waals surface area (Å²) in [6.45, 7) is 1.72. The Balaban J connectivity index is 0.00000200. The quantitative estimate of drug-likeness (QED) is 0.871. The standard InChI is InChI=1S/C14H20N2O2S.ClH/c1-18-12-4-2-11(3-5-12)10-19-14(13(15)17)6-8-16-9-7-14;/h2-5,16H,6-10H2,1H3,(H2,15,17);1H. The fraction of sp³-hybridized carbons (Fsp3) is 0.500. The number of methoxy groups -OCH3 is 1. The number of nitrogens with one attached hydrogen (secondary N) is 1. The zero-order valence-electron chi connectivity index (χ0n) is 11.6. The molecule has 1 aromatic carbocycles. The topological polar surface area (TPSA) is 64.3 Å². The number of benzene rings is 1. The molecule has 1 amide bonds. The van der Waals surface area contributed by atoms with E-state index < -0.39 is 4.75 Å². The van der Waals surface area contributed by atoms with Gasteiger partial charge in [-0.3, -0.25) is 4.79 Å². The summed E-state index contributed by atoms with van der Waals surface area (Å²) in [6.07, 6.45) is 1.62. The van der Waals surface area contributed by atoms with Crippen molar-refractivity contribution in [3.8, 4) is 5.75 Å². The number of primary amides is 1. The zero-order chi connectivity index (χ0) is 13.7. The number of nitrogens with two attached hydrogens (primary N) is 1. The van der Waals surface area contributed by atoms with E-state index in [2.05, 4.69) is 5.32 Å². The first-order valence-electron chi connectivity index (χ1n) is 6.44. The van der Waals surface area contributed by atoms with Crippen LogP contribution in [0.3, 0.4) is 0 Å².